The third-order valence-electron chi connectivity index (χ3n) is 4.13. The Hall–Kier alpha value is -2.08. The number of carbonyl (C=O) groups is 2. The standard InChI is InChI=1S/C16H21N3O3/c20-15-11-12(5-6-17-15)16(21)18-13-3-1-2-4-14(13)19-7-9-22-10-8-19/h1-4,12H,5-11H2,(H,17,20)(H,18,21). The summed E-state index contributed by atoms with van der Waals surface area (Å²) in [7, 11) is 0. The largest absolute Gasteiger partial charge is 0.378 e. The van der Waals surface area contributed by atoms with Crippen molar-refractivity contribution in [3.8, 4) is 0 Å². The highest BCUT2D eigenvalue weighted by atomic mass is 16.5. The van der Waals surface area contributed by atoms with E-state index in [1.165, 1.54) is 0 Å². The van der Waals surface area contributed by atoms with E-state index in [1.54, 1.807) is 0 Å². The average Bonchev–Trinajstić information content (AvgIpc) is 2.56. The predicted molar refractivity (Wildman–Crippen MR) is 83.8 cm³/mol. The van der Waals surface area contributed by atoms with Crippen molar-refractivity contribution in [2.24, 2.45) is 5.92 Å². The zero-order valence-corrected chi connectivity index (χ0v) is 12.5. The average molecular weight is 303 g/mol. The highest BCUT2D eigenvalue weighted by molar-refractivity contribution is 5.98. The Labute approximate surface area is 129 Å². The van der Waals surface area contributed by atoms with Crippen molar-refractivity contribution in [3.63, 3.8) is 0 Å². The van der Waals surface area contributed by atoms with E-state index in [9.17, 15) is 9.59 Å². The molecule has 1 aromatic carbocycles. The molecule has 2 aliphatic heterocycles. The zero-order chi connectivity index (χ0) is 15.4. The summed E-state index contributed by atoms with van der Waals surface area (Å²) in [6.07, 6.45) is 0.961. The highest BCUT2D eigenvalue weighted by Crippen LogP contribution is 2.27. The molecule has 1 aromatic rings. The molecule has 6 nitrogen and oxygen atoms in total. The lowest BCUT2D eigenvalue weighted by Crippen LogP contribution is -2.39. The Morgan fingerprint density at radius 2 is 2.05 bits per heavy atom. The SMILES string of the molecule is O=C1CC(C(=O)Nc2ccccc2N2CCOCC2)CCN1. The number of hydrogen-bond acceptors (Lipinski definition) is 4. The first-order chi connectivity index (χ1) is 10.7. The first kappa shape index (κ1) is 14.8. The first-order valence-electron chi connectivity index (χ1n) is 7.73. The summed E-state index contributed by atoms with van der Waals surface area (Å²) in [6.45, 7) is 3.61. The van der Waals surface area contributed by atoms with Gasteiger partial charge in [-0.25, -0.2) is 0 Å². The number of rotatable bonds is 3. The maximum atomic E-state index is 12.4. The molecule has 22 heavy (non-hydrogen) atoms. The zero-order valence-electron chi connectivity index (χ0n) is 12.5. The van der Waals surface area contributed by atoms with Crippen molar-refractivity contribution in [1.82, 2.24) is 5.32 Å². The van der Waals surface area contributed by atoms with Gasteiger partial charge in [0, 0.05) is 32.0 Å². The van der Waals surface area contributed by atoms with Crippen molar-refractivity contribution in [1.29, 1.82) is 0 Å². The van der Waals surface area contributed by atoms with Crippen LogP contribution in [0.25, 0.3) is 0 Å². The third kappa shape index (κ3) is 3.39. The summed E-state index contributed by atoms with van der Waals surface area (Å²) in [5.41, 5.74) is 1.82. The molecular weight excluding hydrogens is 282 g/mol. The lowest BCUT2D eigenvalue weighted by molar-refractivity contribution is -0.129. The Morgan fingerprint density at radius 1 is 1.27 bits per heavy atom. The minimum Gasteiger partial charge on any atom is -0.378 e. The number of para-hydroxylation sites is 2. The molecule has 2 fully saturated rings. The van der Waals surface area contributed by atoms with Crippen LogP contribution in [0.1, 0.15) is 12.8 Å². The summed E-state index contributed by atoms with van der Waals surface area (Å²) in [6, 6.07) is 7.79. The first-order valence-corrected chi connectivity index (χ1v) is 7.73. The van der Waals surface area contributed by atoms with Crippen molar-refractivity contribution < 1.29 is 14.3 Å². The molecule has 2 aliphatic rings. The Morgan fingerprint density at radius 3 is 2.82 bits per heavy atom. The number of hydrogen-bond donors (Lipinski definition) is 2. The van der Waals surface area contributed by atoms with Gasteiger partial charge in [0.1, 0.15) is 0 Å². The summed E-state index contributed by atoms with van der Waals surface area (Å²) in [5.74, 6) is -0.366. The molecule has 118 valence electrons. The smallest absolute Gasteiger partial charge is 0.228 e. The number of morpholine rings is 1. The number of nitrogens with zero attached hydrogens (tertiary/aromatic N) is 1. The van der Waals surface area contributed by atoms with E-state index in [1.807, 2.05) is 24.3 Å². The van der Waals surface area contributed by atoms with Gasteiger partial charge >= 0.3 is 0 Å². The van der Waals surface area contributed by atoms with Gasteiger partial charge in [-0.2, -0.15) is 0 Å². The van der Waals surface area contributed by atoms with Crippen LogP contribution >= 0.6 is 0 Å². The molecule has 2 amide bonds. The predicted octanol–water partition coefficient (Wildman–Crippen LogP) is 0.988. The van der Waals surface area contributed by atoms with Crippen molar-refractivity contribution in [2.75, 3.05) is 43.1 Å². The maximum Gasteiger partial charge on any atom is 0.228 e. The van der Waals surface area contributed by atoms with E-state index >= 15 is 0 Å². The van der Waals surface area contributed by atoms with Crippen LogP contribution in [0.2, 0.25) is 0 Å². The van der Waals surface area contributed by atoms with E-state index in [4.69, 9.17) is 4.74 Å². The van der Waals surface area contributed by atoms with E-state index in [2.05, 4.69) is 15.5 Å². The molecule has 2 heterocycles. The van der Waals surface area contributed by atoms with E-state index < -0.39 is 0 Å². The van der Waals surface area contributed by atoms with Gasteiger partial charge in [-0.1, -0.05) is 12.1 Å². The molecule has 0 aliphatic carbocycles. The molecule has 1 atom stereocenters. The van der Waals surface area contributed by atoms with E-state index in [-0.39, 0.29) is 24.2 Å². The fourth-order valence-electron chi connectivity index (χ4n) is 2.90. The van der Waals surface area contributed by atoms with Crippen LogP contribution < -0.4 is 15.5 Å². The minimum absolute atomic E-state index is 0.0483. The van der Waals surface area contributed by atoms with Gasteiger partial charge in [-0.3, -0.25) is 9.59 Å². The molecular formula is C16H21N3O3. The Bertz CT molecular complexity index is 555. The topological polar surface area (TPSA) is 70.7 Å². The van der Waals surface area contributed by atoms with Crippen LogP contribution in [-0.4, -0.2) is 44.7 Å². The number of piperidine rings is 1. The summed E-state index contributed by atoms with van der Waals surface area (Å²) < 4.78 is 5.38. The molecule has 2 N–H and O–H groups in total. The monoisotopic (exact) mass is 303 g/mol. The van der Waals surface area contributed by atoms with Gasteiger partial charge in [0.15, 0.2) is 0 Å². The summed E-state index contributed by atoms with van der Waals surface area (Å²) in [5, 5.41) is 5.75. The van der Waals surface area contributed by atoms with E-state index in [0.717, 1.165) is 24.5 Å². The second-order valence-corrected chi connectivity index (χ2v) is 5.65. The highest BCUT2D eigenvalue weighted by Gasteiger charge is 2.26. The number of ether oxygens (including phenoxy) is 1. The van der Waals surface area contributed by atoms with Gasteiger partial charge in [0.25, 0.3) is 0 Å². The number of nitrogens with one attached hydrogen (secondary N) is 2. The molecule has 0 bridgehead atoms. The van der Waals surface area contributed by atoms with Crippen molar-refractivity contribution in [3.05, 3.63) is 24.3 Å². The number of carbonyl (C=O) groups excluding carboxylic acids is 2. The van der Waals surface area contributed by atoms with Crippen LogP contribution in [0.4, 0.5) is 11.4 Å². The van der Waals surface area contributed by atoms with Gasteiger partial charge in [-0.15, -0.1) is 0 Å². The van der Waals surface area contributed by atoms with Crippen LogP contribution in [-0.2, 0) is 14.3 Å². The van der Waals surface area contributed by atoms with Gasteiger partial charge in [-0.05, 0) is 18.6 Å². The fourth-order valence-corrected chi connectivity index (χ4v) is 2.90. The molecule has 0 spiro atoms. The van der Waals surface area contributed by atoms with Crippen LogP contribution in [0, 0.1) is 5.92 Å². The van der Waals surface area contributed by atoms with Gasteiger partial charge < -0.3 is 20.3 Å². The summed E-state index contributed by atoms with van der Waals surface area (Å²) >= 11 is 0. The lowest BCUT2D eigenvalue weighted by atomic mass is 9.96. The van der Waals surface area contributed by atoms with E-state index in [0.29, 0.717) is 26.2 Å². The Balaban J connectivity index is 1.71. The van der Waals surface area contributed by atoms with Crippen LogP contribution in [0.3, 0.4) is 0 Å². The second kappa shape index (κ2) is 6.79. The molecule has 0 radical (unpaired) electrons. The molecule has 2 saturated heterocycles. The minimum atomic E-state index is -0.244. The van der Waals surface area contributed by atoms with Crippen LogP contribution in [0.15, 0.2) is 24.3 Å². The number of anilines is 2. The number of amides is 2. The normalized spacial score (nSPS) is 22.1. The second-order valence-electron chi connectivity index (χ2n) is 5.65. The van der Waals surface area contributed by atoms with Gasteiger partial charge in [0.2, 0.25) is 11.8 Å². The molecule has 6 heteroatoms. The molecule has 0 aromatic heterocycles. The Kier molecular flexibility index (Phi) is 4.58. The fraction of sp³-hybridized carbons (Fsp3) is 0.500. The maximum absolute atomic E-state index is 12.4. The molecule has 0 saturated carbocycles. The molecule has 3 rings (SSSR count). The molecule has 1 unspecified atom stereocenters. The van der Waals surface area contributed by atoms with Gasteiger partial charge in [0.05, 0.1) is 24.6 Å². The number of benzene rings is 1. The quantitative estimate of drug-likeness (QED) is 0.873. The van der Waals surface area contributed by atoms with Crippen molar-refractivity contribution >= 4 is 23.2 Å². The lowest BCUT2D eigenvalue weighted by Gasteiger charge is -2.31. The van der Waals surface area contributed by atoms with Crippen LogP contribution in [0.5, 0.6) is 0 Å². The summed E-state index contributed by atoms with van der Waals surface area (Å²) in [4.78, 5) is 26.1. The van der Waals surface area contributed by atoms with Crippen molar-refractivity contribution in [2.45, 2.75) is 12.8 Å². The third-order valence-corrected chi connectivity index (χ3v) is 4.13.